The second-order valence-corrected chi connectivity index (χ2v) is 5.15. The summed E-state index contributed by atoms with van der Waals surface area (Å²) in [7, 11) is 0. The lowest BCUT2D eigenvalue weighted by Crippen LogP contribution is -2.44. The lowest BCUT2D eigenvalue weighted by molar-refractivity contribution is 0.00738. The van der Waals surface area contributed by atoms with Crippen molar-refractivity contribution in [1.82, 2.24) is 10.0 Å². The SMILES string of the molecule is CCN(C(=O)c1ccc(Cl)cc1Cl)N1CCCC1. The van der Waals surface area contributed by atoms with Crippen LogP contribution in [-0.2, 0) is 0 Å². The van der Waals surface area contributed by atoms with Crippen molar-refractivity contribution in [3.05, 3.63) is 33.8 Å². The number of carbonyl (C=O) groups is 1. The van der Waals surface area contributed by atoms with E-state index in [0.29, 0.717) is 22.2 Å². The molecule has 0 atom stereocenters. The molecule has 0 spiro atoms. The van der Waals surface area contributed by atoms with E-state index in [1.54, 1.807) is 23.2 Å². The number of carbonyl (C=O) groups excluding carboxylic acids is 1. The largest absolute Gasteiger partial charge is 0.272 e. The first-order chi connectivity index (χ1) is 8.63. The Balaban J connectivity index is 2.22. The average molecular weight is 287 g/mol. The molecule has 1 saturated heterocycles. The first-order valence-corrected chi connectivity index (χ1v) is 6.91. The van der Waals surface area contributed by atoms with Gasteiger partial charge in [0, 0.05) is 24.7 Å². The number of benzene rings is 1. The molecule has 98 valence electrons. The number of halogens is 2. The lowest BCUT2D eigenvalue weighted by atomic mass is 10.2. The molecule has 1 heterocycles. The summed E-state index contributed by atoms with van der Waals surface area (Å²) in [6.45, 7) is 4.49. The second kappa shape index (κ2) is 5.91. The van der Waals surface area contributed by atoms with Gasteiger partial charge in [-0.25, -0.2) is 5.01 Å². The Morgan fingerprint density at radius 3 is 2.56 bits per heavy atom. The summed E-state index contributed by atoms with van der Waals surface area (Å²) in [6.07, 6.45) is 2.27. The first-order valence-electron chi connectivity index (χ1n) is 6.15. The van der Waals surface area contributed by atoms with E-state index in [1.165, 1.54) is 0 Å². The van der Waals surface area contributed by atoms with Crippen LogP contribution in [0.1, 0.15) is 30.1 Å². The molecule has 0 aliphatic carbocycles. The van der Waals surface area contributed by atoms with E-state index in [1.807, 2.05) is 6.92 Å². The van der Waals surface area contributed by atoms with Gasteiger partial charge in [-0.3, -0.25) is 9.80 Å². The van der Waals surface area contributed by atoms with E-state index in [-0.39, 0.29) is 5.91 Å². The fourth-order valence-corrected chi connectivity index (χ4v) is 2.71. The molecule has 0 N–H and O–H groups in total. The molecule has 0 radical (unpaired) electrons. The Bertz CT molecular complexity index is 445. The lowest BCUT2D eigenvalue weighted by Gasteiger charge is -2.30. The zero-order chi connectivity index (χ0) is 13.1. The molecule has 1 aliphatic rings. The van der Waals surface area contributed by atoms with Crippen LogP contribution >= 0.6 is 23.2 Å². The third kappa shape index (κ3) is 2.79. The van der Waals surface area contributed by atoms with Gasteiger partial charge in [0.2, 0.25) is 0 Å². The molecular weight excluding hydrogens is 271 g/mol. The van der Waals surface area contributed by atoms with E-state index in [9.17, 15) is 4.79 Å². The molecule has 1 aliphatic heterocycles. The van der Waals surface area contributed by atoms with Crippen molar-refractivity contribution in [2.24, 2.45) is 0 Å². The highest BCUT2D eigenvalue weighted by molar-refractivity contribution is 6.36. The van der Waals surface area contributed by atoms with Gasteiger partial charge in [-0.05, 0) is 38.0 Å². The molecule has 1 aromatic rings. The van der Waals surface area contributed by atoms with Gasteiger partial charge in [-0.1, -0.05) is 23.2 Å². The van der Waals surface area contributed by atoms with E-state index in [2.05, 4.69) is 5.01 Å². The monoisotopic (exact) mass is 286 g/mol. The molecule has 0 aromatic heterocycles. The normalized spacial score (nSPS) is 15.9. The van der Waals surface area contributed by atoms with Crippen LogP contribution < -0.4 is 0 Å². The molecule has 1 fully saturated rings. The van der Waals surface area contributed by atoms with Gasteiger partial charge in [-0.15, -0.1) is 0 Å². The van der Waals surface area contributed by atoms with Crippen LogP contribution in [-0.4, -0.2) is 35.6 Å². The second-order valence-electron chi connectivity index (χ2n) is 4.31. The van der Waals surface area contributed by atoms with Crippen LogP contribution in [0, 0.1) is 0 Å². The van der Waals surface area contributed by atoms with Gasteiger partial charge in [-0.2, -0.15) is 0 Å². The van der Waals surface area contributed by atoms with Crippen molar-refractivity contribution in [3.63, 3.8) is 0 Å². The Labute approximate surface area is 117 Å². The van der Waals surface area contributed by atoms with Gasteiger partial charge in [0.15, 0.2) is 0 Å². The summed E-state index contributed by atoms with van der Waals surface area (Å²) in [5, 5.41) is 4.81. The molecule has 0 saturated carbocycles. The summed E-state index contributed by atoms with van der Waals surface area (Å²) in [4.78, 5) is 12.5. The van der Waals surface area contributed by atoms with Gasteiger partial charge < -0.3 is 0 Å². The Morgan fingerprint density at radius 2 is 2.00 bits per heavy atom. The predicted molar refractivity (Wildman–Crippen MR) is 74.0 cm³/mol. The van der Waals surface area contributed by atoms with Gasteiger partial charge in [0.05, 0.1) is 10.6 Å². The van der Waals surface area contributed by atoms with Crippen molar-refractivity contribution in [2.45, 2.75) is 19.8 Å². The zero-order valence-electron chi connectivity index (χ0n) is 10.3. The van der Waals surface area contributed by atoms with Gasteiger partial charge in [0.25, 0.3) is 5.91 Å². The third-order valence-corrected chi connectivity index (χ3v) is 3.67. The highest BCUT2D eigenvalue weighted by atomic mass is 35.5. The van der Waals surface area contributed by atoms with Gasteiger partial charge in [0.1, 0.15) is 0 Å². The van der Waals surface area contributed by atoms with Crippen molar-refractivity contribution in [3.8, 4) is 0 Å². The fraction of sp³-hybridized carbons (Fsp3) is 0.462. The summed E-state index contributed by atoms with van der Waals surface area (Å²) in [5.74, 6) is -0.0546. The maximum absolute atomic E-state index is 12.5. The summed E-state index contributed by atoms with van der Waals surface area (Å²) >= 11 is 11.9. The number of rotatable bonds is 3. The van der Waals surface area contributed by atoms with Crippen LogP contribution in [0.4, 0.5) is 0 Å². The molecule has 1 aromatic carbocycles. The predicted octanol–water partition coefficient (Wildman–Crippen LogP) is 3.47. The van der Waals surface area contributed by atoms with Crippen LogP contribution in [0.2, 0.25) is 10.0 Å². The standard InChI is InChI=1S/C13H16Cl2N2O/c1-2-17(16-7-3-4-8-16)13(18)11-6-5-10(14)9-12(11)15/h5-6,9H,2-4,7-8H2,1H3. The fourth-order valence-electron chi connectivity index (χ4n) is 2.22. The van der Waals surface area contributed by atoms with Crippen molar-refractivity contribution >= 4 is 29.1 Å². The Hall–Kier alpha value is -0.770. The van der Waals surface area contributed by atoms with Gasteiger partial charge >= 0.3 is 0 Å². The maximum Gasteiger partial charge on any atom is 0.269 e. The molecular formula is C13H16Cl2N2O. The van der Waals surface area contributed by atoms with E-state index >= 15 is 0 Å². The molecule has 3 nitrogen and oxygen atoms in total. The summed E-state index contributed by atoms with van der Waals surface area (Å²) < 4.78 is 0. The molecule has 0 unspecified atom stereocenters. The van der Waals surface area contributed by atoms with Crippen molar-refractivity contribution in [2.75, 3.05) is 19.6 Å². The quantitative estimate of drug-likeness (QED) is 0.850. The molecule has 0 bridgehead atoms. The minimum Gasteiger partial charge on any atom is -0.272 e. The number of hydrogen-bond acceptors (Lipinski definition) is 2. The Kier molecular flexibility index (Phi) is 4.49. The number of hydrazine groups is 1. The number of amides is 1. The third-order valence-electron chi connectivity index (χ3n) is 3.12. The summed E-state index contributed by atoms with van der Waals surface area (Å²) in [6, 6.07) is 4.98. The number of hydrogen-bond donors (Lipinski definition) is 0. The topological polar surface area (TPSA) is 23.6 Å². The smallest absolute Gasteiger partial charge is 0.269 e. The van der Waals surface area contributed by atoms with E-state index in [0.717, 1.165) is 25.9 Å². The summed E-state index contributed by atoms with van der Waals surface area (Å²) in [5.41, 5.74) is 0.509. The van der Waals surface area contributed by atoms with Crippen LogP contribution in [0.25, 0.3) is 0 Å². The molecule has 2 rings (SSSR count). The van der Waals surface area contributed by atoms with E-state index < -0.39 is 0 Å². The molecule has 18 heavy (non-hydrogen) atoms. The Morgan fingerprint density at radius 1 is 1.33 bits per heavy atom. The highest BCUT2D eigenvalue weighted by Gasteiger charge is 2.25. The zero-order valence-corrected chi connectivity index (χ0v) is 11.8. The minimum absolute atomic E-state index is 0.0546. The van der Waals surface area contributed by atoms with Crippen molar-refractivity contribution < 1.29 is 4.79 Å². The van der Waals surface area contributed by atoms with Crippen molar-refractivity contribution in [1.29, 1.82) is 0 Å². The van der Waals surface area contributed by atoms with Crippen LogP contribution in [0.15, 0.2) is 18.2 Å². The molecule has 1 amide bonds. The maximum atomic E-state index is 12.5. The van der Waals surface area contributed by atoms with Crippen LogP contribution in [0.5, 0.6) is 0 Å². The highest BCUT2D eigenvalue weighted by Crippen LogP contribution is 2.23. The first kappa shape index (κ1) is 13.7. The van der Waals surface area contributed by atoms with E-state index in [4.69, 9.17) is 23.2 Å². The van der Waals surface area contributed by atoms with Crippen LogP contribution in [0.3, 0.4) is 0 Å². The average Bonchev–Trinajstić information content (AvgIpc) is 2.83. The number of nitrogens with zero attached hydrogens (tertiary/aromatic N) is 2. The minimum atomic E-state index is -0.0546. The molecule has 5 heteroatoms.